The number of nitrogen functional groups attached to an aromatic ring is 1. The molecule has 0 bridgehead atoms. The SMILES string of the molecule is COc1cc(C2CCNC2)ccc1N. The molecule has 3 heteroatoms. The van der Waals surface area contributed by atoms with Gasteiger partial charge in [0.2, 0.25) is 0 Å². The van der Waals surface area contributed by atoms with Crippen molar-refractivity contribution in [1.29, 1.82) is 0 Å². The lowest BCUT2D eigenvalue weighted by Gasteiger charge is -2.11. The Bertz CT molecular complexity index is 319. The van der Waals surface area contributed by atoms with Crippen LogP contribution >= 0.6 is 0 Å². The van der Waals surface area contributed by atoms with Crippen molar-refractivity contribution in [3.8, 4) is 5.75 Å². The summed E-state index contributed by atoms with van der Waals surface area (Å²) in [7, 11) is 1.66. The van der Waals surface area contributed by atoms with Crippen molar-refractivity contribution < 1.29 is 4.74 Å². The van der Waals surface area contributed by atoms with Crippen molar-refractivity contribution in [2.24, 2.45) is 0 Å². The highest BCUT2D eigenvalue weighted by molar-refractivity contribution is 5.54. The lowest BCUT2D eigenvalue weighted by atomic mass is 9.98. The normalized spacial score (nSPS) is 21.1. The highest BCUT2D eigenvalue weighted by Crippen LogP contribution is 2.29. The van der Waals surface area contributed by atoms with Gasteiger partial charge in [-0.3, -0.25) is 0 Å². The molecule has 0 amide bonds. The van der Waals surface area contributed by atoms with Gasteiger partial charge in [-0.15, -0.1) is 0 Å². The van der Waals surface area contributed by atoms with E-state index in [-0.39, 0.29) is 0 Å². The lowest BCUT2D eigenvalue weighted by Crippen LogP contribution is -2.08. The first-order valence-corrected chi connectivity index (χ1v) is 4.95. The largest absolute Gasteiger partial charge is 0.495 e. The predicted octanol–water partition coefficient (Wildman–Crippen LogP) is 1.35. The number of hydrogen-bond donors (Lipinski definition) is 2. The molecule has 3 nitrogen and oxygen atoms in total. The number of nitrogens with one attached hydrogen (secondary N) is 1. The molecule has 14 heavy (non-hydrogen) atoms. The van der Waals surface area contributed by atoms with Gasteiger partial charge < -0.3 is 15.8 Å². The van der Waals surface area contributed by atoms with Crippen LogP contribution in [0.3, 0.4) is 0 Å². The first-order valence-electron chi connectivity index (χ1n) is 4.95. The molecular formula is C11H16N2O. The van der Waals surface area contributed by atoms with Crippen LogP contribution in [-0.4, -0.2) is 20.2 Å². The summed E-state index contributed by atoms with van der Waals surface area (Å²) in [5, 5.41) is 3.35. The second kappa shape index (κ2) is 3.88. The van der Waals surface area contributed by atoms with E-state index in [4.69, 9.17) is 10.5 Å². The molecular weight excluding hydrogens is 176 g/mol. The van der Waals surface area contributed by atoms with Gasteiger partial charge in [-0.25, -0.2) is 0 Å². The van der Waals surface area contributed by atoms with Gasteiger partial charge in [0.15, 0.2) is 0 Å². The van der Waals surface area contributed by atoms with Crippen molar-refractivity contribution in [3.05, 3.63) is 23.8 Å². The van der Waals surface area contributed by atoms with E-state index in [0.717, 1.165) is 18.8 Å². The number of hydrogen-bond acceptors (Lipinski definition) is 3. The standard InChI is InChI=1S/C11H16N2O/c1-14-11-6-8(2-3-10(11)12)9-4-5-13-7-9/h2-3,6,9,13H,4-5,7,12H2,1H3. The Morgan fingerprint density at radius 3 is 3.00 bits per heavy atom. The van der Waals surface area contributed by atoms with Crippen molar-refractivity contribution >= 4 is 5.69 Å². The number of rotatable bonds is 2. The minimum absolute atomic E-state index is 0.615. The summed E-state index contributed by atoms with van der Waals surface area (Å²) in [5.41, 5.74) is 7.79. The molecule has 76 valence electrons. The van der Waals surface area contributed by atoms with Gasteiger partial charge in [0.05, 0.1) is 12.8 Å². The Balaban J connectivity index is 2.25. The minimum Gasteiger partial charge on any atom is -0.495 e. The van der Waals surface area contributed by atoms with Crippen LogP contribution in [0.15, 0.2) is 18.2 Å². The van der Waals surface area contributed by atoms with Crippen LogP contribution in [0, 0.1) is 0 Å². The van der Waals surface area contributed by atoms with E-state index in [2.05, 4.69) is 11.4 Å². The van der Waals surface area contributed by atoms with E-state index >= 15 is 0 Å². The molecule has 3 N–H and O–H groups in total. The first-order chi connectivity index (χ1) is 6.81. The van der Waals surface area contributed by atoms with Gasteiger partial charge >= 0.3 is 0 Å². The molecule has 1 unspecified atom stereocenters. The summed E-state index contributed by atoms with van der Waals surface area (Å²) in [6.07, 6.45) is 1.20. The third-order valence-electron chi connectivity index (χ3n) is 2.79. The van der Waals surface area contributed by atoms with Gasteiger partial charge in [0.25, 0.3) is 0 Å². The monoisotopic (exact) mass is 192 g/mol. The fourth-order valence-corrected chi connectivity index (χ4v) is 1.92. The Morgan fingerprint density at radius 2 is 2.36 bits per heavy atom. The smallest absolute Gasteiger partial charge is 0.142 e. The molecule has 1 atom stereocenters. The molecule has 0 radical (unpaired) electrons. The summed E-state index contributed by atoms with van der Waals surface area (Å²) in [4.78, 5) is 0. The molecule has 0 saturated carbocycles. The summed E-state index contributed by atoms with van der Waals surface area (Å²) in [5.74, 6) is 1.40. The zero-order chi connectivity index (χ0) is 9.97. The van der Waals surface area contributed by atoms with Crippen LogP contribution in [-0.2, 0) is 0 Å². The van der Waals surface area contributed by atoms with Gasteiger partial charge in [0.1, 0.15) is 5.75 Å². The third kappa shape index (κ3) is 1.68. The molecule has 1 fully saturated rings. The quantitative estimate of drug-likeness (QED) is 0.695. The fourth-order valence-electron chi connectivity index (χ4n) is 1.92. The zero-order valence-corrected chi connectivity index (χ0v) is 8.42. The van der Waals surface area contributed by atoms with E-state index in [9.17, 15) is 0 Å². The maximum atomic E-state index is 5.76. The predicted molar refractivity (Wildman–Crippen MR) is 57.6 cm³/mol. The summed E-state index contributed by atoms with van der Waals surface area (Å²) in [6, 6.07) is 6.06. The van der Waals surface area contributed by atoms with Crippen LogP contribution in [0.5, 0.6) is 5.75 Å². The van der Waals surface area contributed by atoms with E-state index in [1.165, 1.54) is 12.0 Å². The van der Waals surface area contributed by atoms with Crippen molar-refractivity contribution in [2.75, 3.05) is 25.9 Å². The van der Waals surface area contributed by atoms with Crippen LogP contribution in [0.25, 0.3) is 0 Å². The maximum absolute atomic E-state index is 5.76. The zero-order valence-electron chi connectivity index (χ0n) is 8.42. The summed E-state index contributed by atoms with van der Waals surface area (Å²) in [6.45, 7) is 2.17. The molecule has 1 aliphatic rings. The van der Waals surface area contributed by atoms with E-state index in [1.807, 2.05) is 12.1 Å². The molecule has 0 spiro atoms. The number of nitrogens with two attached hydrogens (primary N) is 1. The molecule has 1 aromatic rings. The van der Waals surface area contributed by atoms with Crippen LogP contribution < -0.4 is 15.8 Å². The first kappa shape index (κ1) is 9.34. The number of benzene rings is 1. The topological polar surface area (TPSA) is 47.3 Å². The van der Waals surface area contributed by atoms with Gasteiger partial charge in [-0.05, 0) is 36.6 Å². The average molecular weight is 192 g/mol. The Morgan fingerprint density at radius 1 is 1.50 bits per heavy atom. The van der Waals surface area contributed by atoms with E-state index in [1.54, 1.807) is 7.11 Å². The molecule has 1 heterocycles. The highest BCUT2D eigenvalue weighted by atomic mass is 16.5. The van der Waals surface area contributed by atoms with Gasteiger partial charge in [-0.2, -0.15) is 0 Å². The van der Waals surface area contributed by atoms with Crippen molar-refractivity contribution in [2.45, 2.75) is 12.3 Å². The minimum atomic E-state index is 0.615. The Kier molecular flexibility index (Phi) is 2.59. The second-order valence-electron chi connectivity index (χ2n) is 3.69. The average Bonchev–Trinajstić information content (AvgIpc) is 2.71. The molecule has 0 aliphatic carbocycles. The summed E-state index contributed by atoms with van der Waals surface area (Å²) >= 11 is 0. The van der Waals surface area contributed by atoms with Crippen molar-refractivity contribution in [3.63, 3.8) is 0 Å². The fraction of sp³-hybridized carbons (Fsp3) is 0.455. The highest BCUT2D eigenvalue weighted by Gasteiger charge is 2.17. The van der Waals surface area contributed by atoms with Gasteiger partial charge in [-0.1, -0.05) is 6.07 Å². The Hall–Kier alpha value is -1.22. The van der Waals surface area contributed by atoms with Crippen LogP contribution in [0.1, 0.15) is 17.9 Å². The number of methoxy groups -OCH3 is 1. The van der Waals surface area contributed by atoms with Crippen molar-refractivity contribution in [1.82, 2.24) is 5.32 Å². The molecule has 0 aromatic heterocycles. The van der Waals surface area contributed by atoms with E-state index in [0.29, 0.717) is 11.6 Å². The second-order valence-corrected chi connectivity index (χ2v) is 3.69. The summed E-state index contributed by atoms with van der Waals surface area (Å²) < 4.78 is 5.20. The molecule has 1 aromatic carbocycles. The third-order valence-corrected chi connectivity index (χ3v) is 2.79. The lowest BCUT2D eigenvalue weighted by molar-refractivity contribution is 0.416. The molecule has 1 aliphatic heterocycles. The molecule has 2 rings (SSSR count). The van der Waals surface area contributed by atoms with E-state index < -0.39 is 0 Å². The van der Waals surface area contributed by atoms with Gasteiger partial charge in [0, 0.05) is 6.54 Å². The molecule has 1 saturated heterocycles. The Labute approximate surface area is 84.3 Å². The number of ether oxygens (including phenoxy) is 1. The number of anilines is 1. The van der Waals surface area contributed by atoms with Crippen LogP contribution in [0.4, 0.5) is 5.69 Å². The van der Waals surface area contributed by atoms with Crippen LogP contribution in [0.2, 0.25) is 0 Å². The maximum Gasteiger partial charge on any atom is 0.142 e.